The van der Waals surface area contributed by atoms with Gasteiger partial charge >= 0.3 is 0 Å². The van der Waals surface area contributed by atoms with Crippen LogP contribution >= 0.6 is 0 Å². The minimum atomic E-state index is 0.253. The molecule has 0 heterocycles. The second-order valence-corrected chi connectivity index (χ2v) is 5.66. The molecule has 0 amide bonds. The van der Waals surface area contributed by atoms with Gasteiger partial charge in [-0.25, -0.2) is 0 Å². The quantitative estimate of drug-likeness (QED) is 0.865. The van der Waals surface area contributed by atoms with Gasteiger partial charge in [0.15, 0.2) is 0 Å². The lowest BCUT2D eigenvalue weighted by Gasteiger charge is -2.38. The summed E-state index contributed by atoms with van der Waals surface area (Å²) in [5.41, 5.74) is 9.09. The Morgan fingerprint density at radius 1 is 1.11 bits per heavy atom. The molecule has 0 saturated heterocycles. The lowest BCUT2D eigenvalue weighted by Crippen LogP contribution is -2.49. The van der Waals surface area contributed by atoms with Gasteiger partial charge in [0.05, 0.1) is 0 Å². The maximum atomic E-state index is 6.03. The summed E-state index contributed by atoms with van der Waals surface area (Å²) in [7, 11) is 2.23. The van der Waals surface area contributed by atoms with Gasteiger partial charge < -0.3 is 5.73 Å². The van der Waals surface area contributed by atoms with Crippen LogP contribution in [0.15, 0.2) is 24.3 Å². The van der Waals surface area contributed by atoms with Crippen molar-refractivity contribution in [2.75, 3.05) is 13.6 Å². The first kappa shape index (κ1) is 13.6. The van der Waals surface area contributed by atoms with E-state index in [1.165, 1.54) is 36.8 Å². The van der Waals surface area contributed by atoms with Crippen LogP contribution in [0.4, 0.5) is 0 Å². The number of nitrogens with zero attached hydrogens (tertiary/aromatic N) is 1. The Morgan fingerprint density at radius 3 is 2.17 bits per heavy atom. The van der Waals surface area contributed by atoms with Crippen molar-refractivity contribution in [2.24, 2.45) is 5.73 Å². The SMILES string of the molecule is CCc1ccc(CN(C)C2(CN)CCCC2)cc1. The molecule has 2 rings (SSSR count). The Bertz CT molecular complexity index is 363. The third kappa shape index (κ3) is 2.76. The average molecular weight is 246 g/mol. The molecule has 1 saturated carbocycles. The molecule has 1 aromatic carbocycles. The smallest absolute Gasteiger partial charge is 0.0332 e. The van der Waals surface area contributed by atoms with E-state index in [0.29, 0.717) is 0 Å². The van der Waals surface area contributed by atoms with Crippen LogP contribution in [0.2, 0.25) is 0 Å². The molecular weight excluding hydrogens is 220 g/mol. The lowest BCUT2D eigenvalue weighted by atomic mass is 9.95. The van der Waals surface area contributed by atoms with Gasteiger partial charge in [-0.05, 0) is 37.4 Å². The highest BCUT2D eigenvalue weighted by molar-refractivity contribution is 5.22. The van der Waals surface area contributed by atoms with Crippen LogP contribution in [0.5, 0.6) is 0 Å². The van der Waals surface area contributed by atoms with Crippen molar-refractivity contribution in [3.63, 3.8) is 0 Å². The normalized spacial score (nSPS) is 18.4. The van der Waals surface area contributed by atoms with Gasteiger partial charge in [0.2, 0.25) is 0 Å². The van der Waals surface area contributed by atoms with Gasteiger partial charge in [-0.3, -0.25) is 4.90 Å². The molecule has 2 heteroatoms. The molecule has 0 bridgehead atoms. The summed E-state index contributed by atoms with van der Waals surface area (Å²) in [6.07, 6.45) is 6.29. The van der Waals surface area contributed by atoms with Crippen molar-refractivity contribution in [1.82, 2.24) is 4.90 Å². The molecule has 1 aromatic rings. The minimum absolute atomic E-state index is 0.253. The summed E-state index contributed by atoms with van der Waals surface area (Å²) in [6.45, 7) is 4.00. The number of hydrogen-bond donors (Lipinski definition) is 1. The number of rotatable bonds is 5. The van der Waals surface area contributed by atoms with E-state index < -0.39 is 0 Å². The van der Waals surface area contributed by atoms with Crippen LogP contribution in [0.25, 0.3) is 0 Å². The first-order chi connectivity index (χ1) is 8.70. The summed E-state index contributed by atoms with van der Waals surface area (Å²) in [5, 5.41) is 0. The number of hydrogen-bond acceptors (Lipinski definition) is 2. The molecule has 0 radical (unpaired) electrons. The van der Waals surface area contributed by atoms with Crippen LogP contribution in [-0.2, 0) is 13.0 Å². The molecule has 0 spiro atoms. The molecule has 2 nitrogen and oxygen atoms in total. The van der Waals surface area contributed by atoms with Crippen LogP contribution in [0, 0.1) is 0 Å². The first-order valence-corrected chi connectivity index (χ1v) is 7.19. The van der Waals surface area contributed by atoms with Gasteiger partial charge in [-0.15, -0.1) is 0 Å². The van der Waals surface area contributed by atoms with Crippen molar-refractivity contribution >= 4 is 0 Å². The molecule has 100 valence electrons. The van der Waals surface area contributed by atoms with Gasteiger partial charge in [-0.2, -0.15) is 0 Å². The molecule has 0 unspecified atom stereocenters. The third-order valence-corrected chi connectivity index (χ3v) is 4.57. The van der Waals surface area contributed by atoms with Crippen LogP contribution in [0.3, 0.4) is 0 Å². The zero-order chi connectivity index (χ0) is 13.0. The fourth-order valence-electron chi connectivity index (χ4n) is 3.10. The topological polar surface area (TPSA) is 29.3 Å². The molecule has 1 aliphatic rings. The fraction of sp³-hybridized carbons (Fsp3) is 0.625. The molecule has 0 aliphatic heterocycles. The van der Waals surface area contributed by atoms with E-state index in [9.17, 15) is 0 Å². The molecule has 1 aliphatic carbocycles. The highest BCUT2D eigenvalue weighted by Gasteiger charge is 2.36. The number of benzene rings is 1. The van der Waals surface area contributed by atoms with Crippen molar-refractivity contribution in [3.8, 4) is 0 Å². The van der Waals surface area contributed by atoms with Crippen molar-refractivity contribution in [2.45, 2.75) is 51.1 Å². The summed E-state index contributed by atoms with van der Waals surface area (Å²) in [5.74, 6) is 0. The van der Waals surface area contributed by atoms with Crippen molar-refractivity contribution in [1.29, 1.82) is 0 Å². The summed E-state index contributed by atoms with van der Waals surface area (Å²) < 4.78 is 0. The van der Waals surface area contributed by atoms with Crippen molar-refractivity contribution < 1.29 is 0 Å². The maximum Gasteiger partial charge on any atom is 0.0332 e. The Morgan fingerprint density at radius 2 is 1.67 bits per heavy atom. The molecule has 0 atom stereocenters. The third-order valence-electron chi connectivity index (χ3n) is 4.57. The largest absolute Gasteiger partial charge is 0.329 e. The van der Waals surface area contributed by atoms with Gasteiger partial charge in [0.25, 0.3) is 0 Å². The van der Waals surface area contributed by atoms with E-state index in [1.807, 2.05) is 0 Å². The van der Waals surface area contributed by atoms with E-state index >= 15 is 0 Å². The average Bonchev–Trinajstić information content (AvgIpc) is 2.89. The Balaban J connectivity index is 2.03. The predicted molar refractivity (Wildman–Crippen MR) is 77.5 cm³/mol. The zero-order valence-electron chi connectivity index (χ0n) is 11.8. The van der Waals surface area contributed by atoms with Gasteiger partial charge in [-0.1, -0.05) is 44.0 Å². The number of nitrogens with two attached hydrogens (primary N) is 1. The summed E-state index contributed by atoms with van der Waals surface area (Å²) in [4.78, 5) is 2.47. The molecule has 18 heavy (non-hydrogen) atoms. The Hall–Kier alpha value is -0.860. The number of likely N-dealkylation sites (N-methyl/N-ethyl adjacent to an activating group) is 1. The molecule has 2 N–H and O–H groups in total. The monoisotopic (exact) mass is 246 g/mol. The van der Waals surface area contributed by atoms with E-state index in [2.05, 4.69) is 43.1 Å². The Labute approximate surface area is 111 Å². The van der Waals surface area contributed by atoms with E-state index in [0.717, 1.165) is 19.5 Å². The Kier molecular flexibility index (Phi) is 4.41. The second kappa shape index (κ2) is 5.85. The van der Waals surface area contributed by atoms with Gasteiger partial charge in [0.1, 0.15) is 0 Å². The highest BCUT2D eigenvalue weighted by atomic mass is 15.2. The van der Waals surface area contributed by atoms with E-state index in [4.69, 9.17) is 5.73 Å². The number of aryl methyl sites for hydroxylation is 1. The molecule has 0 aromatic heterocycles. The summed E-state index contributed by atoms with van der Waals surface area (Å²) in [6, 6.07) is 9.00. The highest BCUT2D eigenvalue weighted by Crippen LogP contribution is 2.34. The fourth-order valence-corrected chi connectivity index (χ4v) is 3.10. The summed E-state index contributed by atoms with van der Waals surface area (Å²) >= 11 is 0. The zero-order valence-corrected chi connectivity index (χ0v) is 11.8. The van der Waals surface area contributed by atoms with Crippen LogP contribution < -0.4 is 5.73 Å². The van der Waals surface area contributed by atoms with Crippen molar-refractivity contribution in [3.05, 3.63) is 35.4 Å². The van der Waals surface area contributed by atoms with E-state index in [1.54, 1.807) is 0 Å². The lowest BCUT2D eigenvalue weighted by molar-refractivity contribution is 0.124. The first-order valence-electron chi connectivity index (χ1n) is 7.19. The maximum absolute atomic E-state index is 6.03. The van der Waals surface area contributed by atoms with Gasteiger partial charge in [0, 0.05) is 18.6 Å². The van der Waals surface area contributed by atoms with Crippen LogP contribution in [-0.4, -0.2) is 24.0 Å². The molecule has 1 fully saturated rings. The molecular formula is C16H26N2. The minimum Gasteiger partial charge on any atom is -0.329 e. The standard InChI is InChI=1S/C16H26N2/c1-3-14-6-8-15(9-7-14)12-18(2)16(13-17)10-4-5-11-16/h6-9H,3-5,10-13,17H2,1-2H3. The second-order valence-electron chi connectivity index (χ2n) is 5.66. The van der Waals surface area contributed by atoms with Crippen LogP contribution in [0.1, 0.15) is 43.7 Å². The van der Waals surface area contributed by atoms with E-state index in [-0.39, 0.29) is 5.54 Å². The predicted octanol–water partition coefficient (Wildman–Crippen LogP) is 2.95.